The smallest absolute Gasteiger partial charge is 0.236 e. The van der Waals surface area contributed by atoms with Gasteiger partial charge in [-0.2, -0.15) is 0 Å². The van der Waals surface area contributed by atoms with E-state index >= 15 is 0 Å². The van der Waals surface area contributed by atoms with E-state index in [0.717, 1.165) is 36.0 Å². The van der Waals surface area contributed by atoms with E-state index in [4.69, 9.17) is 16.9 Å². The average Bonchev–Trinajstić information content (AvgIpc) is 2.79. The molecule has 0 aliphatic heterocycles. The molecular weight excluding hydrogens is 416 g/mol. The number of thioether (sulfide) groups is 1. The van der Waals surface area contributed by atoms with Gasteiger partial charge in [-0.1, -0.05) is 56.6 Å². The second kappa shape index (κ2) is 15.9. The maximum atomic E-state index is 12.7. The number of benzene rings is 1. The molecule has 0 aromatic heterocycles. The summed E-state index contributed by atoms with van der Waals surface area (Å²) in [7, 11) is 0. The maximum Gasteiger partial charge on any atom is 0.236 e. The zero-order valence-corrected chi connectivity index (χ0v) is 20.5. The van der Waals surface area contributed by atoms with Crippen LogP contribution in [0.4, 0.5) is 5.69 Å². The molecule has 0 fully saturated rings. The van der Waals surface area contributed by atoms with Gasteiger partial charge in [0.05, 0.1) is 0 Å². The SMILES string of the molecule is C#CC(=Cc1cc(OCC(SC)C(=O)NCC(C=CC=CC)=CCC)ccc1N)CCC. The molecule has 0 saturated carbocycles. The number of nitrogens with one attached hydrogen (secondary N) is 1. The highest BCUT2D eigenvalue weighted by Gasteiger charge is 2.18. The molecule has 1 aromatic rings. The molecular formula is C27H36N2O2S. The van der Waals surface area contributed by atoms with Gasteiger partial charge in [0.15, 0.2) is 0 Å². The number of amides is 1. The topological polar surface area (TPSA) is 64.3 Å². The summed E-state index contributed by atoms with van der Waals surface area (Å²) in [6, 6.07) is 5.48. The third-order valence-electron chi connectivity index (χ3n) is 4.62. The molecule has 0 heterocycles. The highest BCUT2D eigenvalue weighted by atomic mass is 32.2. The lowest BCUT2D eigenvalue weighted by molar-refractivity contribution is -0.120. The Labute approximate surface area is 198 Å². The number of terminal acetylenes is 1. The average molecular weight is 453 g/mol. The summed E-state index contributed by atoms with van der Waals surface area (Å²) in [5.41, 5.74) is 9.55. The van der Waals surface area contributed by atoms with Gasteiger partial charge in [0.2, 0.25) is 5.91 Å². The quantitative estimate of drug-likeness (QED) is 0.226. The summed E-state index contributed by atoms with van der Waals surface area (Å²) >= 11 is 1.46. The molecule has 0 bridgehead atoms. The Kier molecular flexibility index (Phi) is 13.5. The summed E-state index contributed by atoms with van der Waals surface area (Å²) in [6.07, 6.45) is 22.2. The van der Waals surface area contributed by atoms with E-state index in [9.17, 15) is 4.79 Å². The van der Waals surface area contributed by atoms with Crippen molar-refractivity contribution in [2.24, 2.45) is 0 Å². The molecule has 1 aromatic carbocycles. The van der Waals surface area contributed by atoms with Crippen LogP contribution in [-0.4, -0.2) is 30.6 Å². The molecule has 0 aliphatic carbocycles. The number of hydrogen-bond donors (Lipinski definition) is 2. The van der Waals surface area contributed by atoms with Gasteiger partial charge < -0.3 is 15.8 Å². The largest absolute Gasteiger partial charge is 0.492 e. The molecule has 0 aliphatic rings. The third-order valence-corrected chi connectivity index (χ3v) is 5.54. The minimum Gasteiger partial charge on any atom is -0.492 e. The Morgan fingerprint density at radius 3 is 2.75 bits per heavy atom. The van der Waals surface area contributed by atoms with Gasteiger partial charge in [-0.25, -0.2) is 0 Å². The zero-order chi connectivity index (χ0) is 23.8. The van der Waals surface area contributed by atoms with E-state index in [1.807, 2.05) is 55.7 Å². The van der Waals surface area contributed by atoms with E-state index in [0.29, 0.717) is 18.0 Å². The van der Waals surface area contributed by atoms with E-state index in [-0.39, 0.29) is 17.8 Å². The van der Waals surface area contributed by atoms with Crippen LogP contribution in [0.1, 0.15) is 45.6 Å². The van der Waals surface area contributed by atoms with E-state index in [1.165, 1.54) is 11.8 Å². The number of nitrogen functional groups attached to an aromatic ring is 1. The number of carbonyl (C=O) groups is 1. The molecule has 32 heavy (non-hydrogen) atoms. The van der Waals surface area contributed by atoms with Gasteiger partial charge in [-0.3, -0.25) is 4.79 Å². The van der Waals surface area contributed by atoms with Crippen LogP contribution in [0.3, 0.4) is 0 Å². The summed E-state index contributed by atoms with van der Waals surface area (Å²) in [4.78, 5) is 12.7. The fourth-order valence-corrected chi connectivity index (χ4v) is 3.39. The molecule has 5 heteroatoms. The molecule has 172 valence electrons. The number of rotatable bonds is 13. The lowest BCUT2D eigenvalue weighted by Crippen LogP contribution is -2.37. The second-order valence-electron chi connectivity index (χ2n) is 7.18. The fourth-order valence-electron chi connectivity index (χ4n) is 2.89. The lowest BCUT2D eigenvalue weighted by atomic mass is 10.1. The summed E-state index contributed by atoms with van der Waals surface area (Å²) in [6.45, 7) is 6.88. The molecule has 0 spiro atoms. The molecule has 1 rings (SSSR count). The first-order chi connectivity index (χ1) is 15.5. The Morgan fingerprint density at radius 1 is 1.34 bits per heavy atom. The van der Waals surface area contributed by atoms with Crippen molar-refractivity contribution in [3.05, 3.63) is 65.3 Å². The first-order valence-corrected chi connectivity index (χ1v) is 12.3. The normalized spacial score (nSPS) is 13.3. The zero-order valence-electron chi connectivity index (χ0n) is 19.7. The van der Waals surface area contributed by atoms with Crippen LogP contribution in [0, 0.1) is 12.3 Å². The lowest BCUT2D eigenvalue weighted by Gasteiger charge is -2.16. The second-order valence-corrected chi connectivity index (χ2v) is 8.22. The van der Waals surface area contributed by atoms with Crippen LogP contribution < -0.4 is 15.8 Å². The third kappa shape index (κ3) is 9.98. The monoisotopic (exact) mass is 452 g/mol. The standard InChI is InChI=1S/C27H36N2O2S/c1-6-10-11-14-22(13-8-3)19-29-27(30)26(32-5)20-31-24-15-16-25(28)23(18-24)17-21(9-4)12-7-2/h4,6,10-11,13-18,26H,7-8,12,19-20,28H2,1-3,5H3,(H,29,30). The highest BCUT2D eigenvalue weighted by molar-refractivity contribution is 7.99. The fraction of sp³-hybridized carbons (Fsp3) is 0.370. The van der Waals surface area contributed by atoms with Gasteiger partial charge in [0.1, 0.15) is 17.6 Å². The van der Waals surface area contributed by atoms with Crippen LogP contribution in [0.5, 0.6) is 5.75 Å². The van der Waals surface area contributed by atoms with Crippen LogP contribution in [-0.2, 0) is 4.79 Å². The summed E-state index contributed by atoms with van der Waals surface area (Å²) in [5.74, 6) is 3.33. The predicted octanol–water partition coefficient (Wildman–Crippen LogP) is 5.78. The Morgan fingerprint density at radius 2 is 2.12 bits per heavy atom. The van der Waals surface area contributed by atoms with Gasteiger partial charge >= 0.3 is 0 Å². The summed E-state index contributed by atoms with van der Waals surface area (Å²) in [5, 5.41) is 2.69. The number of anilines is 1. The molecule has 0 saturated heterocycles. The van der Waals surface area contributed by atoms with Crippen molar-refractivity contribution < 1.29 is 9.53 Å². The molecule has 1 amide bonds. The Bertz CT molecular complexity index is 891. The highest BCUT2D eigenvalue weighted by Crippen LogP contribution is 2.24. The van der Waals surface area contributed by atoms with Crippen molar-refractivity contribution in [1.29, 1.82) is 0 Å². The van der Waals surface area contributed by atoms with Crippen molar-refractivity contribution >= 4 is 29.4 Å². The van der Waals surface area contributed by atoms with Gasteiger partial charge in [-0.15, -0.1) is 18.2 Å². The van der Waals surface area contributed by atoms with Crippen molar-refractivity contribution in [1.82, 2.24) is 5.32 Å². The molecule has 3 N–H and O–H groups in total. The van der Waals surface area contributed by atoms with Gasteiger partial charge in [0.25, 0.3) is 0 Å². The Hall–Kier alpha value is -2.84. The van der Waals surface area contributed by atoms with Crippen molar-refractivity contribution in [3.8, 4) is 18.1 Å². The first kappa shape index (κ1) is 27.2. The number of carbonyl (C=O) groups excluding carboxylic acids is 1. The molecule has 1 atom stereocenters. The van der Waals surface area contributed by atoms with Crippen LogP contribution in [0.2, 0.25) is 0 Å². The van der Waals surface area contributed by atoms with Crippen molar-refractivity contribution in [2.45, 2.75) is 45.3 Å². The summed E-state index contributed by atoms with van der Waals surface area (Å²) < 4.78 is 5.93. The number of allylic oxidation sites excluding steroid dienone is 5. The van der Waals surface area contributed by atoms with Crippen LogP contribution in [0.25, 0.3) is 6.08 Å². The van der Waals surface area contributed by atoms with Crippen molar-refractivity contribution in [3.63, 3.8) is 0 Å². The number of ether oxygens (including phenoxy) is 1. The maximum absolute atomic E-state index is 12.7. The van der Waals surface area contributed by atoms with E-state index in [2.05, 4.69) is 31.2 Å². The van der Waals surface area contributed by atoms with Gasteiger partial charge in [-0.05, 0) is 55.9 Å². The molecule has 1 unspecified atom stereocenters. The predicted molar refractivity (Wildman–Crippen MR) is 141 cm³/mol. The molecule has 4 nitrogen and oxygen atoms in total. The number of hydrogen-bond acceptors (Lipinski definition) is 4. The van der Waals surface area contributed by atoms with Crippen LogP contribution >= 0.6 is 11.8 Å². The van der Waals surface area contributed by atoms with E-state index in [1.54, 1.807) is 6.07 Å². The minimum atomic E-state index is -0.324. The first-order valence-electron chi connectivity index (χ1n) is 11.0. The number of nitrogens with two attached hydrogens (primary N) is 1. The molecule has 0 radical (unpaired) electrons. The van der Waals surface area contributed by atoms with Gasteiger partial charge in [0, 0.05) is 23.4 Å². The van der Waals surface area contributed by atoms with Crippen LogP contribution in [0.15, 0.2) is 59.7 Å². The van der Waals surface area contributed by atoms with E-state index < -0.39 is 0 Å². The van der Waals surface area contributed by atoms with Crippen molar-refractivity contribution in [2.75, 3.05) is 25.1 Å². The minimum absolute atomic E-state index is 0.0490. The Balaban J connectivity index is 2.78.